The smallest absolute Gasteiger partial charge is 0.268 e. The average Bonchev–Trinajstić information content (AvgIpc) is 4.43. The van der Waals surface area contributed by atoms with E-state index in [2.05, 4.69) is 274 Å². The molecule has 5 aromatic heterocycles. The van der Waals surface area contributed by atoms with Crippen LogP contribution in [0.3, 0.4) is 0 Å². The number of pyridine rings is 1. The van der Waals surface area contributed by atoms with Crippen LogP contribution < -0.4 is 9.30 Å². The maximum atomic E-state index is 6.81. The first-order chi connectivity index (χ1) is 37.8. The van der Waals surface area contributed by atoms with Crippen molar-refractivity contribution < 1.29 is 30.4 Å². The number of rotatable bonds is 8. The van der Waals surface area contributed by atoms with Crippen molar-refractivity contribution in [3.63, 3.8) is 0 Å². The third-order valence-electron chi connectivity index (χ3n) is 15.2. The number of hydrogen-bond acceptors (Lipinski definition) is 2. The van der Waals surface area contributed by atoms with E-state index in [1.165, 1.54) is 38.1 Å². The van der Waals surface area contributed by atoms with Crippen molar-refractivity contribution in [2.45, 2.75) is 26.2 Å². The molecule has 0 spiro atoms. The Balaban J connectivity index is 0.00000552. The fourth-order valence-electron chi connectivity index (χ4n) is 11.7. The molecule has 0 bridgehead atoms. The number of benzene rings is 10. The van der Waals surface area contributed by atoms with Gasteiger partial charge in [0.15, 0.2) is 0 Å². The van der Waals surface area contributed by atoms with Gasteiger partial charge in [-0.2, -0.15) is 18.2 Å². The summed E-state index contributed by atoms with van der Waals surface area (Å²) in [4.78, 5) is 5.03. The van der Waals surface area contributed by atoms with Crippen LogP contribution in [0.1, 0.15) is 26.3 Å². The van der Waals surface area contributed by atoms with E-state index in [1.807, 2.05) is 24.4 Å². The molecule has 15 rings (SSSR count). The number of hydrogen-bond donors (Lipinski definition) is 0. The molecule has 78 heavy (non-hydrogen) atoms. The Bertz CT molecular complexity index is 4830. The average molecular weight is 1180 g/mol. The van der Waals surface area contributed by atoms with Gasteiger partial charge in [-0.25, -0.2) is 4.98 Å². The third-order valence-corrected chi connectivity index (χ3v) is 15.2. The van der Waals surface area contributed by atoms with Gasteiger partial charge >= 0.3 is 0 Å². The van der Waals surface area contributed by atoms with Gasteiger partial charge in [0.25, 0.3) is 6.33 Å². The molecule has 0 unspecified atom stereocenters. The molecule has 0 radical (unpaired) electrons. The molecule has 0 aliphatic heterocycles. The molecule has 15 aromatic rings. The van der Waals surface area contributed by atoms with Crippen molar-refractivity contribution in [1.82, 2.24) is 23.3 Å². The minimum absolute atomic E-state index is 0. The van der Waals surface area contributed by atoms with Gasteiger partial charge in [0.05, 0.1) is 38.8 Å². The normalized spacial score (nSPS) is 11.9. The van der Waals surface area contributed by atoms with Gasteiger partial charge in [0.2, 0.25) is 0 Å². The van der Waals surface area contributed by atoms with Crippen LogP contribution in [0, 0.1) is 18.5 Å². The monoisotopic (exact) mass is 1180 g/mol. The van der Waals surface area contributed by atoms with Crippen LogP contribution in [0.25, 0.3) is 116 Å². The molecule has 8 heteroatoms. The summed E-state index contributed by atoms with van der Waals surface area (Å²) in [6.07, 6.45) is 5.68. The van der Waals surface area contributed by atoms with Gasteiger partial charge in [-0.1, -0.05) is 166 Å². The molecule has 5 heterocycles. The zero-order valence-electron chi connectivity index (χ0n) is 42.9. The van der Waals surface area contributed by atoms with E-state index in [4.69, 9.17) is 9.72 Å². The summed E-state index contributed by atoms with van der Waals surface area (Å²) in [5, 5.41) is 6.95. The molecule has 0 aliphatic carbocycles. The molecule has 0 aliphatic rings. The molecule has 376 valence electrons. The van der Waals surface area contributed by atoms with E-state index in [0.717, 1.165) is 83.6 Å². The molecule has 7 nitrogen and oxygen atoms in total. The number of aromatic nitrogens is 6. The maximum absolute atomic E-state index is 6.81. The number of para-hydroxylation sites is 8. The summed E-state index contributed by atoms with van der Waals surface area (Å²) in [6.45, 7) is 6.71. The minimum atomic E-state index is -0.0877. The zero-order chi connectivity index (χ0) is 51.4. The summed E-state index contributed by atoms with van der Waals surface area (Å²) < 4.78 is 18.1. The van der Waals surface area contributed by atoms with Crippen LogP contribution in [-0.2, 0) is 26.5 Å². The first kappa shape index (κ1) is 47.2. The fourth-order valence-corrected chi connectivity index (χ4v) is 11.7. The summed E-state index contributed by atoms with van der Waals surface area (Å²) in [6, 6.07) is 88.9. The standard InChI is InChI=1S/C70H48N6O.Pt/c1-70(2,3)47-39-40-71-67(42-47)76-62-38-35-46(53-27-17-28-57-54-25-10-12-30-60(54)74(68(53)57)48-19-6-4-7-20-48)41-59(62)56-37-36-52(44-66(56)76)77-51-24-16-23-50(43-51)72-45-73(64-33-15-14-32-63(64)72)65-34-18-29-58-55-26-11-13-31-61(55)75(69(58)65)49-21-8-5-9-22-49;/h4-42H,1-3H3;/q-2;. The summed E-state index contributed by atoms with van der Waals surface area (Å²) >= 11 is 0. The van der Waals surface area contributed by atoms with Crippen LogP contribution >= 0.6 is 0 Å². The van der Waals surface area contributed by atoms with Crippen molar-refractivity contribution in [3.8, 4) is 51.2 Å². The van der Waals surface area contributed by atoms with Gasteiger partial charge in [0.1, 0.15) is 5.82 Å². The fraction of sp³-hybridized carbons (Fsp3) is 0.0571. The number of ether oxygens (including phenoxy) is 1. The van der Waals surface area contributed by atoms with Crippen LogP contribution in [0.2, 0.25) is 0 Å². The Hall–Kier alpha value is -9.29. The van der Waals surface area contributed by atoms with Crippen molar-refractivity contribution in [2.75, 3.05) is 0 Å². The van der Waals surface area contributed by atoms with Crippen molar-refractivity contribution in [2.24, 2.45) is 0 Å². The van der Waals surface area contributed by atoms with E-state index in [0.29, 0.717) is 11.5 Å². The minimum Gasteiger partial charge on any atom is -0.510 e. The Morgan fingerprint density at radius 3 is 1.79 bits per heavy atom. The summed E-state index contributed by atoms with van der Waals surface area (Å²) in [5.41, 5.74) is 15.9. The zero-order valence-corrected chi connectivity index (χ0v) is 45.2. The first-order valence-electron chi connectivity index (χ1n) is 26.1. The molecule has 0 atom stereocenters. The second kappa shape index (κ2) is 18.5. The molecule has 0 fully saturated rings. The van der Waals surface area contributed by atoms with E-state index in [9.17, 15) is 0 Å². The second-order valence-corrected chi connectivity index (χ2v) is 20.8. The SMILES string of the molecule is CC(C)(C)c1ccnc(-n2c3[c-]c(Oc4[c-]c(-n5[c-][n+](-c6cccc7c8ccccc8n(-c8ccccc8)c67)c6ccccc65)ccc4)ccc3c3cc(-c4cccc5c6ccccc6n(-c6ccccc6)c45)ccc32)c1.[Pt]. The quantitative estimate of drug-likeness (QED) is 0.112. The number of imidazole rings is 1. The number of nitrogens with zero attached hydrogens (tertiary/aromatic N) is 6. The van der Waals surface area contributed by atoms with Crippen molar-refractivity contribution >= 4 is 76.5 Å². The van der Waals surface area contributed by atoms with Crippen LogP contribution in [0.15, 0.2) is 237 Å². The van der Waals surface area contributed by atoms with E-state index in [1.54, 1.807) is 0 Å². The molecule has 0 amide bonds. The Morgan fingerprint density at radius 1 is 0.462 bits per heavy atom. The second-order valence-electron chi connectivity index (χ2n) is 20.8. The molecular formula is C70H48N6OPt-2. The largest absolute Gasteiger partial charge is 0.510 e. The van der Waals surface area contributed by atoms with E-state index < -0.39 is 0 Å². The van der Waals surface area contributed by atoms with Crippen molar-refractivity contribution in [1.29, 1.82) is 0 Å². The van der Waals surface area contributed by atoms with Gasteiger partial charge in [-0.05, 0) is 88.3 Å². The Labute approximate surface area is 465 Å². The first-order valence-corrected chi connectivity index (χ1v) is 26.1. The van der Waals surface area contributed by atoms with Gasteiger partial charge < -0.3 is 23.0 Å². The van der Waals surface area contributed by atoms with E-state index >= 15 is 0 Å². The molecule has 0 saturated carbocycles. The third kappa shape index (κ3) is 7.52. The predicted molar refractivity (Wildman–Crippen MR) is 313 cm³/mol. The molecule has 10 aromatic carbocycles. The molecule has 0 saturated heterocycles. The van der Waals surface area contributed by atoms with Gasteiger partial charge in [-0.15, -0.1) is 29.7 Å². The van der Waals surface area contributed by atoms with E-state index in [-0.39, 0.29) is 26.5 Å². The van der Waals surface area contributed by atoms with Crippen LogP contribution in [0.5, 0.6) is 11.5 Å². The van der Waals surface area contributed by atoms with Crippen molar-refractivity contribution in [3.05, 3.63) is 261 Å². The number of fused-ring (bicyclic) bond motifs is 10. The van der Waals surface area contributed by atoms with Crippen LogP contribution in [-0.4, -0.2) is 23.3 Å². The molecular weight excluding hydrogens is 1140 g/mol. The van der Waals surface area contributed by atoms with Gasteiger partial charge in [-0.3, -0.25) is 4.57 Å². The molecule has 0 N–H and O–H groups in total. The Kier molecular flexibility index (Phi) is 11.2. The van der Waals surface area contributed by atoms with Crippen LogP contribution in [0.4, 0.5) is 0 Å². The Morgan fingerprint density at radius 2 is 1.06 bits per heavy atom. The van der Waals surface area contributed by atoms with Gasteiger partial charge in [0, 0.05) is 82.8 Å². The summed E-state index contributed by atoms with van der Waals surface area (Å²) in [7, 11) is 0. The topological polar surface area (TPSA) is 45.7 Å². The summed E-state index contributed by atoms with van der Waals surface area (Å²) in [5.74, 6) is 1.94. The predicted octanol–water partition coefficient (Wildman–Crippen LogP) is 16.7. The maximum Gasteiger partial charge on any atom is 0.268 e.